The topological polar surface area (TPSA) is 126 Å². The fraction of sp³-hybridized carbons (Fsp3) is 0.526. The first kappa shape index (κ1) is 21.0. The van der Waals surface area contributed by atoms with Gasteiger partial charge in [-0.15, -0.1) is 0 Å². The van der Waals surface area contributed by atoms with Crippen LogP contribution >= 0.6 is 7.82 Å². The molecule has 9 heteroatoms. The zero-order chi connectivity index (χ0) is 20.5. The Hall–Kier alpha value is -1.70. The molecule has 8 nitrogen and oxygen atoms in total. The van der Waals surface area contributed by atoms with E-state index < -0.39 is 7.82 Å². The summed E-state index contributed by atoms with van der Waals surface area (Å²) in [5.41, 5.74) is 3.42. The second-order valence-corrected chi connectivity index (χ2v) is 8.87. The summed E-state index contributed by atoms with van der Waals surface area (Å²) >= 11 is 0. The van der Waals surface area contributed by atoms with Crippen molar-refractivity contribution in [2.45, 2.75) is 63.6 Å². The van der Waals surface area contributed by atoms with Gasteiger partial charge in [0.1, 0.15) is 0 Å². The third-order valence-corrected chi connectivity index (χ3v) is 5.78. The number of amides is 1. The van der Waals surface area contributed by atoms with Gasteiger partial charge in [-0.25, -0.2) is 4.57 Å². The van der Waals surface area contributed by atoms with Crippen molar-refractivity contribution in [2.24, 2.45) is 0 Å². The molecule has 2 bridgehead atoms. The number of H-pyrrole nitrogens is 1. The first-order valence-electron chi connectivity index (χ1n) is 9.55. The Kier molecular flexibility index (Phi) is 6.27. The molecule has 28 heavy (non-hydrogen) atoms. The lowest BCUT2D eigenvalue weighted by atomic mass is 9.84. The standard InChI is InChI=1S/C19H25N3O.H3O4P/c1-12(2)22-14-6-7-15(22)9-13(8-14)16-10-20-17-4-3-5-18(19(16)17)21-11-23;1-5(2,3)4/h3-5,10-15,20H,6-9H2,1-2H3,(H,21,23);(H3,1,2,3,4). The second-order valence-electron chi connectivity index (χ2n) is 7.84. The zero-order valence-electron chi connectivity index (χ0n) is 16.1. The van der Waals surface area contributed by atoms with Crippen molar-refractivity contribution in [1.29, 1.82) is 0 Å². The van der Waals surface area contributed by atoms with Crippen LogP contribution in [0.3, 0.4) is 0 Å². The van der Waals surface area contributed by atoms with E-state index in [1.54, 1.807) is 0 Å². The van der Waals surface area contributed by atoms with Crippen molar-refractivity contribution < 1.29 is 24.0 Å². The SMILES string of the molecule is CC(C)N1C2CCC1CC(c1c[nH]c3cccc(NC=O)c13)C2.O=P(O)(O)O. The first-order chi connectivity index (χ1) is 13.2. The van der Waals surface area contributed by atoms with Crippen LogP contribution in [0, 0.1) is 0 Å². The van der Waals surface area contributed by atoms with Crippen LogP contribution in [0.1, 0.15) is 51.0 Å². The maximum absolute atomic E-state index is 10.9. The Morgan fingerprint density at radius 3 is 2.36 bits per heavy atom. The number of fused-ring (bicyclic) bond motifs is 3. The van der Waals surface area contributed by atoms with E-state index in [9.17, 15) is 4.79 Å². The summed E-state index contributed by atoms with van der Waals surface area (Å²) in [5.74, 6) is 0.589. The van der Waals surface area contributed by atoms with Gasteiger partial charge < -0.3 is 25.0 Å². The number of aromatic nitrogens is 1. The molecule has 1 aromatic carbocycles. The predicted octanol–water partition coefficient (Wildman–Crippen LogP) is 2.93. The highest BCUT2D eigenvalue weighted by Gasteiger charge is 2.42. The number of anilines is 1. The van der Waals surface area contributed by atoms with E-state index in [0.717, 1.165) is 29.7 Å². The molecule has 0 aliphatic carbocycles. The number of hydrogen-bond acceptors (Lipinski definition) is 3. The quantitative estimate of drug-likeness (QED) is 0.390. The van der Waals surface area contributed by atoms with Crippen molar-refractivity contribution in [3.63, 3.8) is 0 Å². The Bertz CT molecular complexity index is 855. The van der Waals surface area contributed by atoms with Gasteiger partial charge >= 0.3 is 7.82 Å². The number of phosphoric acid groups is 1. The lowest BCUT2D eigenvalue weighted by Gasteiger charge is -2.41. The van der Waals surface area contributed by atoms with Crippen LogP contribution in [-0.2, 0) is 9.36 Å². The minimum absolute atomic E-state index is 0.589. The van der Waals surface area contributed by atoms with E-state index in [1.165, 1.54) is 36.6 Å². The summed E-state index contributed by atoms with van der Waals surface area (Å²) < 4.78 is 8.88. The molecule has 0 saturated carbocycles. The van der Waals surface area contributed by atoms with E-state index in [1.807, 2.05) is 12.1 Å². The summed E-state index contributed by atoms with van der Waals surface area (Å²) in [6.45, 7) is 4.65. The molecule has 1 aromatic heterocycles. The molecule has 2 saturated heterocycles. The van der Waals surface area contributed by atoms with Crippen molar-refractivity contribution in [2.75, 3.05) is 5.32 Å². The molecule has 0 spiro atoms. The van der Waals surface area contributed by atoms with Gasteiger partial charge in [-0.3, -0.25) is 9.69 Å². The van der Waals surface area contributed by atoms with Gasteiger partial charge in [-0.1, -0.05) is 6.07 Å². The lowest BCUT2D eigenvalue weighted by molar-refractivity contribution is -0.105. The van der Waals surface area contributed by atoms with Crippen molar-refractivity contribution in [3.05, 3.63) is 30.0 Å². The van der Waals surface area contributed by atoms with E-state index in [2.05, 4.69) is 41.3 Å². The molecule has 2 aliphatic rings. The fourth-order valence-corrected chi connectivity index (χ4v) is 5.03. The molecule has 2 atom stereocenters. The van der Waals surface area contributed by atoms with Gasteiger partial charge in [-0.2, -0.15) is 0 Å². The van der Waals surface area contributed by atoms with Gasteiger partial charge in [0.25, 0.3) is 0 Å². The number of nitrogens with zero attached hydrogens (tertiary/aromatic N) is 1. The molecular weight excluding hydrogens is 381 g/mol. The van der Waals surface area contributed by atoms with Crippen LogP contribution in [-0.4, -0.2) is 49.1 Å². The number of rotatable bonds is 4. The van der Waals surface area contributed by atoms with Crippen LogP contribution in [0.4, 0.5) is 5.69 Å². The van der Waals surface area contributed by atoms with Crippen molar-refractivity contribution >= 4 is 30.8 Å². The number of aromatic amines is 1. The largest absolute Gasteiger partial charge is 0.466 e. The lowest BCUT2D eigenvalue weighted by Crippen LogP contribution is -2.46. The van der Waals surface area contributed by atoms with Gasteiger partial charge in [0, 0.05) is 35.2 Å². The number of carbonyl (C=O) groups is 1. The molecular formula is C19H28N3O5P. The zero-order valence-corrected chi connectivity index (χ0v) is 17.0. The van der Waals surface area contributed by atoms with Gasteiger partial charge in [0.2, 0.25) is 6.41 Å². The highest BCUT2D eigenvalue weighted by molar-refractivity contribution is 7.45. The molecule has 2 fully saturated rings. The molecule has 2 unspecified atom stereocenters. The first-order valence-corrected chi connectivity index (χ1v) is 11.1. The summed E-state index contributed by atoms with van der Waals surface area (Å²) in [6.07, 6.45) is 8.07. The third kappa shape index (κ3) is 4.64. The summed E-state index contributed by atoms with van der Waals surface area (Å²) in [4.78, 5) is 38.6. The highest BCUT2D eigenvalue weighted by atomic mass is 31.2. The molecule has 5 N–H and O–H groups in total. The highest BCUT2D eigenvalue weighted by Crippen LogP contribution is 2.46. The second kappa shape index (κ2) is 8.35. The summed E-state index contributed by atoms with van der Waals surface area (Å²) in [6, 6.07) is 8.14. The Morgan fingerprint density at radius 2 is 1.82 bits per heavy atom. The monoisotopic (exact) mass is 409 g/mol. The number of benzene rings is 1. The van der Waals surface area contributed by atoms with Crippen LogP contribution in [0.2, 0.25) is 0 Å². The van der Waals surface area contributed by atoms with Crippen molar-refractivity contribution in [1.82, 2.24) is 9.88 Å². The Morgan fingerprint density at radius 1 is 1.21 bits per heavy atom. The van der Waals surface area contributed by atoms with Crippen LogP contribution in [0.15, 0.2) is 24.4 Å². The number of hydrogen-bond donors (Lipinski definition) is 5. The maximum atomic E-state index is 10.9. The summed E-state index contributed by atoms with van der Waals surface area (Å²) in [7, 11) is -4.64. The molecule has 1 amide bonds. The van der Waals surface area contributed by atoms with Crippen molar-refractivity contribution in [3.8, 4) is 0 Å². The normalized spacial score (nSPS) is 24.9. The number of piperidine rings is 1. The third-order valence-electron chi connectivity index (χ3n) is 5.78. The molecule has 2 aromatic rings. The fourth-order valence-electron chi connectivity index (χ4n) is 5.03. The summed E-state index contributed by atoms with van der Waals surface area (Å²) in [5, 5.41) is 4.07. The van der Waals surface area contributed by atoms with Crippen LogP contribution < -0.4 is 5.32 Å². The van der Waals surface area contributed by atoms with Gasteiger partial charge in [-0.05, 0) is 63.1 Å². The Labute approximate surface area is 164 Å². The molecule has 0 radical (unpaired) electrons. The number of nitrogens with one attached hydrogen (secondary N) is 2. The van der Waals surface area contributed by atoms with Gasteiger partial charge in [0.15, 0.2) is 0 Å². The minimum Gasteiger partial charge on any atom is -0.361 e. The van der Waals surface area contributed by atoms with E-state index in [-0.39, 0.29) is 0 Å². The smallest absolute Gasteiger partial charge is 0.361 e. The maximum Gasteiger partial charge on any atom is 0.466 e. The predicted molar refractivity (Wildman–Crippen MR) is 108 cm³/mol. The molecule has 2 aliphatic heterocycles. The van der Waals surface area contributed by atoms with E-state index in [4.69, 9.17) is 19.2 Å². The van der Waals surface area contributed by atoms with Crippen LogP contribution in [0.5, 0.6) is 0 Å². The number of carbonyl (C=O) groups excluding carboxylic acids is 1. The average molecular weight is 409 g/mol. The molecule has 3 heterocycles. The van der Waals surface area contributed by atoms with Gasteiger partial charge in [0.05, 0.1) is 5.69 Å². The average Bonchev–Trinajstić information content (AvgIpc) is 3.13. The Balaban J connectivity index is 0.000000403. The van der Waals surface area contributed by atoms with E-state index >= 15 is 0 Å². The van der Waals surface area contributed by atoms with Crippen LogP contribution in [0.25, 0.3) is 10.9 Å². The molecule has 154 valence electrons. The minimum atomic E-state index is -4.64. The molecule has 4 rings (SSSR count). The van der Waals surface area contributed by atoms with E-state index in [0.29, 0.717) is 12.0 Å².